The number of hydrogen-bond acceptors (Lipinski definition) is 11. The highest BCUT2D eigenvalue weighted by molar-refractivity contribution is 5.96. The van der Waals surface area contributed by atoms with Crippen molar-refractivity contribution in [3.63, 3.8) is 0 Å². The minimum atomic E-state index is -1.17. The largest absolute Gasteiger partial charge is 0.508 e. The van der Waals surface area contributed by atoms with Crippen molar-refractivity contribution in [1.82, 2.24) is 35.1 Å². The molecule has 0 unspecified atom stereocenters. The molecule has 5 heterocycles. The molecule has 3 aliphatic heterocycles. The average Bonchev–Trinajstić information content (AvgIpc) is 3.92. The normalized spacial score (nSPS) is 20.8. The number of carbonyl (C=O) groups is 5. The number of nitrogens with zero attached hydrogens (tertiary/aromatic N) is 5. The number of phenols is 1. The molecule has 4 aromatic rings. The van der Waals surface area contributed by atoms with Gasteiger partial charge in [-0.3, -0.25) is 29.2 Å². The Morgan fingerprint density at radius 3 is 2.54 bits per heavy atom. The fourth-order valence-corrected chi connectivity index (χ4v) is 10.0. The Morgan fingerprint density at radius 2 is 1.82 bits per heavy atom. The van der Waals surface area contributed by atoms with Gasteiger partial charge in [-0.1, -0.05) is 39.8 Å². The van der Waals surface area contributed by atoms with E-state index in [2.05, 4.69) is 54.3 Å². The van der Waals surface area contributed by atoms with Crippen LogP contribution < -0.4 is 10.7 Å². The first-order valence-corrected chi connectivity index (χ1v) is 23.6. The third-order valence-electron chi connectivity index (χ3n) is 13.4. The number of cyclic esters (lactones) is 1. The molecular weight excluding hydrogens is 855 g/mol. The molecule has 2 aromatic carbocycles. The number of phenolic OH excluding ortho intramolecular Hbond substituents is 1. The van der Waals surface area contributed by atoms with Crippen LogP contribution in [0.5, 0.6) is 5.75 Å². The van der Waals surface area contributed by atoms with Gasteiger partial charge in [0.2, 0.25) is 11.8 Å². The lowest BCUT2D eigenvalue weighted by molar-refractivity contribution is -0.155. The zero-order valence-corrected chi connectivity index (χ0v) is 40.4. The number of benzene rings is 2. The zero-order chi connectivity index (χ0) is 48.3. The molecule has 6 bridgehead atoms. The summed E-state index contributed by atoms with van der Waals surface area (Å²) in [4.78, 5) is 77.3. The second-order valence-electron chi connectivity index (χ2n) is 19.3. The summed E-state index contributed by atoms with van der Waals surface area (Å²) in [6.45, 7) is 15.4. The fraction of sp³-hybridized carbons (Fsp3) is 0.529. The number of likely N-dealkylation sites (N-methyl/N-ethyl adjacent to an activating group) is 1. The van der Waals surface area contributed by atoms with E-state index in [4.69, 9.17) is 19.2 Å². The van der Waals surface area contributed by atoms with Crippen molar-refractivity contribution >= 4 is 40.7 Å². The maximum Gasteiger partial charge on any atom is 0.409 e. The Hall–Kier alpha value is -6.00. The number of pyridine rings is 1. The van der Waals surface area contributed by atoms with Crippen LogP contribution in [0.4, 0.5) is 4.79 Å². The van der Waals surface area contributed by atoms with Crippen molar-refractivity contribution in [2.45, 2.75) is 111 Å². The Balaban J connectivity index is 1.30. The lowest BCUT2D eigenvalue weighted by atomic mass is 9.84. The molecule has 67 heavy (non-hydrogen) atoms. The molecule has 7 rings (SSSR count). The predicted molar refractivity (Wildman–Crippen MR) is 253 cm³/mol. The molecule has 4 amide bonds. The first-order chi connectivity index (χ1) is 31.9. The number of amides is 4. The molecule has 16 heteroatoms. The van der Waals surface area contributed by atoms with Crippen LogP contribution in [0.1, 0.15) is 90.7 Å². The van der Waals surface area contributed by atoms with Crippen molar-refractivity contribution in [2.75, 3.05) is 47.0 Å². The predicted octanol–water partition coefficient (Wildman–Crippen LogP) is 6.41. The number of esters is 1. The Bertz CT molecular complexity index is 2500. The smallest absolute Gasteiger partial charge is 0.409 e. The third kappa shape index (κ3) is 10.4. The third-order valence-corrected chi connectivity index (χ3v) is 13.4. The first-order valence-electron chi connectivity index (χ1n) is 23.6. The molecule has 16 nitrogen and oxygen atoms in total. The van der Waals surface area contributed by atoms with Crippen LogP contribution in [0.25, 0.3) is 33.3 Å². The van der Waals surface area contributed by atoms with Crippen molar-refractivity contribution in [3.8, 4) is 28.1 Å². The minimum Gasteiger partial charge on any atom is -0.508 e. The lowest BCUT2D eigenvalue weighted by Crippen LogP contribution is -2.62. The second kappa shape index (κ2) is 20.5. The summed E-state index contributed by atoms with van der Waals surface area (Å²) < 4.78 is 19.4. The molecular formula is C51H67N7O9. The van der Waals surface area contributed by atoms with Crippen molar-refractivity contribution < 1.29 is 43.3 Å². The van der Waals surface area contributed by atoms with Gasteiger partial charge in [-0.2, -0.15) is 0 Å². The van der Waals surface area contributed by atoms with E-state index in [-0.39, 0.29) is 56.4 Å². The summed E-state index contributed by atoms with van der Waals surface area (Å²) in [5.74, 6) is -2.69. The number of nitrogens with one attached hydrogen (secondary N) is 2. The van der Waals surface area contributed by atoms with Gasteiger partial charge in [-0.25, -0.2) is 10.2 Å². The first kappa shape index (κ1) is 48.9. The maximum absolute atomic E-state index is 14.7. The molecule has 0 spiro atoms. The van der Waals surface area contributed by atoms with Gasteiger partial charge in [-0.05, 0) is 111 Å². The van der Waals surface area contributed by atoms with Crippen LogP contribution in [-0.4, -0.2) is 124 Å². The minimum absolute atomic E-state index is 0.0148. The van der Waals surface area contributed by atoms with Crippen LogP contribution in [0.15, 0.2) is 54.7 Å². The standard InChI is InChI=1S/C51H67N7O9/c1-10-57-42-17-16-33-26-38(42)39(45(57)37-14-12-19-52-43(37)31(5)65-9)27-51(6,7)29-67-49(63)40-15-13-20-58(54-40)48(62)41(24-32-22-35(33)25-36(59)23-32)53-46(60)44(30(3)4)55(8)47(61)34-18-21-56(28-34)50(64)66-11-2/h12,14,16-17,19,22-23,25-26,30-31,34,40-41,44,54,59H,10-11,13,15,18,20-21,24,27-29H2,1-9H3,(H,53,60)/t31-,34-,40-,41-,44-/m0/s1. The van der Waals surface area contributed by atoms with E-state index >= 15 is 0 Å². The monoisotopic (exact) mass is 922 g/mol. The van der Waals surface area contributed by atoms with Crippen LogP contribution in [0.2, 0.25) is 0 Å². The summed E-state index contributed by atoms with van der Waals surface area (Å²) in [5.41, 5.74) is 9.51. The zero-order valence-electron chi connectivity index (χ0n) is 40.4. The molecule has 0 saturated carbocycles. The number of rotatable bonds is 10. The van der Waals surface area contributed by atoms with Crippen molar-refractivity contribution in [2.24, 2.45) is 17.3 Å². The summed E-state index contributed by atoms with van der Waals surface area (Å²) >= 11 is 0. The Labute approximate surface area is 393 Å². The highest BCUT2D eigenvalue weighted by atomic mass is 16.6. The average molecular weight is 922 g/mol. The van der Waals surface area contributed by atoms with Crippen LogP contribution >= 0.6 is 0 Å². The van der Waals surface area contributed by atoms with Gasteiger partial charge in [0.25, 0.3) is 5.91 Å². The number of fused-ring (bicyclic) bond motifs is 6. The number of hydrogen-bond donors (Lipinski definition) is 3. The lowest BCUT2D eigenvalue weighted by Gasteiger charge is -2.37. The number of carbonyl (C=O) groups excluding carboxylic acids is 5. The molecule has 0 aliphatic carbocycles. The molecule has 360 valence electrons. The van der Waals surface area contributed by atoms with E-state index in [1.165, 1.54) is 14.8 Å². The van der Waals surface area contributed by atoms with E-state index in [9.17, 15) is 29.1 Å². The number of aryl methyl sites for hydroxylation is 1. The van der Waals surface area contributed by atoms with Crippen LogP contribution in [-0.2, 0) is 52.8 Å². The van der Waals surface area contributed by atoms with Gasteiger partial charge >= 0.3 is 12.1 Å². The Kier molecular flexibility index (Phi) is 14.9. The number of aromatic hydroxyl groups is 1. The highest BCUT2D eigenvalue weighted by Crippen LogP contribution is 2.42. The molecule has 2 saturated heterocycles. The van der Waals surface area contributed by atoms with Gasteiger partial charge in [0, 0.05) is 74.8 Å². The van der Waals surface area contributed by atoms with E-state index in [1.807, 2.05) is 39.0 Å². The molecule has 3 aliphatic rings. The van der Waals surface area contributed by atoms with Crippen molar-refractivity contribution in [3.05, 3.63) is 71.5 Å². The van der Waals surface area contributed by atoms with Gasteiger partial charge in [0.05, 0.1) is 36.6 Å². The summed E-state index contributed by atoms with van der Waals surface area (Å²) in [5, 5.41) is 16.7. The maximum atomic E-state index is 14.7. The highest BCUT2D eigenvalue weighted by Gasteiger charge is 2.41. The second-order valence-corrected chi connectivity index (χ2v) is 19.3. The van der Waals surface area contributed by atoms with Gasteiger partial charge in [-0.15, -0.1) is 0 Å². The van der Waals surface area contributed by atoms with E-state index < -0.39 is 53.3 Å². The van der Waals surface area contributed by atoms with Crippen LogP contribution in [0.3, 0.4) is 0 Å². The molecule has 3 N–H and O–H groups in total. The molecule has 5 atom stereocenters. The van der Waals surface area contributed by atoms with Crippen molar-refractivity contribution in [1.29, 1.82) is 0 Å². The van der Waals surface area contributed by atoms with E-state index in [0.717, 1.165) is 39.0 Å². The van der Waals surface area contributed by atoms with E-state index in [0.29, 0.717) is 49.9 Å². The summed E-state index contributed by atoms with van der Waals surface area (Å²) in [6, 6.07) is 12.5. The number of ether oxygens (including phenoxy) is 3. The van der Waals surface area contributed by atoms with Gasteiger partial charge in [0.1, 0.15) is 23.9 Å². The number of aromatic nitrogens is 2. The summed E-state index contributed by atoms with van der Waals surface area (Å²) in [7, 11) is 3.25. The van der Waals surface area contributed by atoms with Gasteiger partial charge < -0.3 is 39.0 Å². The number of likely N-dealkylation sites (tertiary alicyclic amines) is 1. The topological polar surface area (TPSA) is 185 Å². The molecule has 2 fully saturated rings. The Morgan fingerprint density at radius 1 is 1.04 bits per heavy atom. The number of methoxy groups -OCH3 is 1. The SMILES string of the molecule is CCOC(=O)N1CC[C@H](C(=O)N(C)[C@H](C(=O)N[C@H]2Cc3cc(O)cc(c3)-c3ccc4c(c3)c(c(-c3cccnc3[C@H](C)OC)n4CC)CC(C)(C)COC(=O)[C@@H]3CCCN(N3)C2=O)C(C)C)C1. The summed E-state index contributed by atoms with van der Waals surface area (Å²) in [6.07, 6.45) is 2.90. The van der Waals surface area contributed by atoms with Crippen LogP contribution in [0, 0.1) is 17.3 Å². The molecule has 0 radical (unpaired) electrons. The quantitative estimate of drug-likeness (QED) is 0.149. The number of hydrazine groups is 1. The van der Waals surface area contributed by atoms with E-state index in [1.54, 1.807) is 39.4 Å². The molecule has 2 aromatic heterocycles. The fourth-order valence-electron chi connectivity index (χ4n) is 10.0. The van der Waals surface area contributed by atoms with Gasteiger partial charge in [0.15, 0.2) is 0 Å².